The minimum Gasteiger partial charge on any atom is -0.394 e. The highest BCUT2D eigenvalue weighted by atomic mass is 16.3. The first-order chi connectivity index (χ1) is 8.63. The van der Waals surface area contributed by atoms with Crippen LogP contribution in [-0.4, -0.2) is 34.5 Å². The van der Waals surface area contributed by atoms with E-state index in [2.05, 4.69) is 0 Å². The topological polar surface area (TPSA) is 57.6 Å². The van der Waals surface area contributed by atoms with Crippen molar-refractivity contribution in [1.82, 2.24) is 4.90 Å². The number of hydrogen-bond donors (Lipinski definition) is 1. The molecule has 2 amide bonds. The number of carbonyl (C=O) groups is 2. The predicted molar refractivity (Wildman–Crippen MR) is 66.6 cm³/mol. The highest BCUT2D eigenvalue weighted by Crippen LogP contribution is 2.18. The van der Waals surface area contributed by atoms with Crippen molar-refractivity contribution in [3.63, 3.8) is 0 Å². The van der Waals surface area contributed by atoms with Crippen LogP contribution in [-0.2, 0) is 16.0 Å². The molecule has 2 rings (SSSR count). The van der Waals surface area contributed by atoms with Gasteiger partial charge in [-0.25, -0.2) is 0 Å². The van der Waals surface area contributed by atoms with E-state index in [0.717, 1.165) is 10.5 Å². The van der Waals surface area contributed by atoms with Gasteiger partial charge in [0.15, 0.2) is 0 Å². The second-order valence-electron chi connectivity index (χ2n) is 4.37. The van der Waals surface area contributed by atoms with Crippen LogP contribution >= 0.6 is 0 Å². The summed E-state index contributed by atoms with van der Waals surface area (Å²) in [6.07, 6.45) is 1.78. The van der Waals surface area contributed by atoms with E-state index in [-0.39, 0.29) is 18.4 Å². The van der Waals surface area contributed by atoms with Crippen molar-refractivity contribution in [3.8, 4) is 0 Å². The third-order valence-electron chi connectivity index (χ3n) is 3.02. The number of hydrogen-bond acceptors (Lipinski definition) is 3. The van der Waals surface area contributed by atoms with Crippen LogP contribution in [0.4, 0.5) is 0 Å². The maximum atomic E-state index is 11.8. The van der Waals surface area contributed by atoms with Gasteiger partial charge in [0.05, 0.1) is 12.6 Å². The lowest BCUT2D eigenvalue weighted by Gasteiger charge is -2.24. The number of rotatable bonds is 4. The van der Waals surface area contributed by atoms with Crippen LogP contribution in [0.2, 0.25) is 0 Å². The zero-order chi connectivity index (χ0) is 13.1. The van der Waals surface area contributed by atoms with Crippen molar-refractivity contribution in [2.75, 3.05) is 6.61 Å². The van der Waals surface area contributed by atoms with Crippen LogP contribution in [0.5, 0.6) is 0 Å². The smallest absolute Gasteiger partial charge is 0.256 e. The summed E-state index contributed by atoms with van der Waals surface area (Å²) in [5.74, 6) is -0.650. The van der Waals surface area contributed by atoms with Gasteiger partial charge in [0.1, 0.15) is 0 Å². The van der Waals surface area contributed by atoms with Gasteiger partial charge in [-0.3, -0.25) is 14.5 Å². The molecule has 1 atom stereocenters. The number of amides is 2. The number of benzene rings is 1. The number of nitrogens with zero attached hydrogens (tertiary/aromatic N) is 1. The molecule has 4 heteroatoms. The zero-order valence-corrected chi connectivity index (χ0v) is 10.2. The monoisotopic (exact) mass is 245 g/mol. The lowest BCUT2D eigenvalue weighted by Crippen LogP contribution is -2.44. The Bertz CT molecular complexity index is 493. The van der Waals surface area contributed by atoms with E-state index >= 15 is 0 Å². The fourth-order valence-corrected chi connectivity index (χ4v) is 2.08. The molecule has 4 nitrogen and oxygen atoms in total. The normalized spacial score (nSPS) is 17.0. The van der Waals surface area contributed by atoms with Crippen molar-refractivity contribution in [1.29, 1.82) is 0 Å². The Labute approximate surface area is 106 Å². The van der Waals surface area contributed by atoms with Gasteiger partial charge in [-0.15, -0.1) is 0 Å². The first kappa shape index (κ1) is 12.5. The molecular weight excluding hydrogens is 230 g/mol. The fourth-order valence-electron chi connectivity index (χ4n) is 2.08. The van der Waals surface area contributed by atoms with Crippen molar-refractivity contribution in [2.45, 2.75) is 19.4 Å². The number of carbonyl (C=O) groups excluding carboxylic acids is 2. The zero-order valence-electron chi connectivity index (χ0n) is 10.2. The highest BCUT2D eigenvalue weighted by molar-refractivity contribution is 6.16. The second kappa shape index (κ2) is 5.14. The maximum absolute atomic E-state index is 11.8. The molecule has 1 aliphatic rings. The molecular formula is C14H15NO3. The fraction of sp³-hybridized carbons (Fsp3) is 0.286. The molecule has 0 bridgehead atoms. The van der Waals surface area contributed by atoms with Crippen molar-refractivity contribution >= 4 is 11.8 Å². The summed E-state index contributed by atoms with van der Waals surface area (Å²) in [4.78, 5) is 24.7. The average Bonchev–Trinajstić information content (AvgIpc) is 2.62. The minimum atomic E-state index is -0.499. The van der Waals surface area contributed by atoms with Gasteiger partial charge in [-0.05, 0) is 18.9 Å². The lowest BCUT2D eigenvalue weighted by molar-refractivity contribution is -0.140. The van der Waals surface area contributed by atoms with Crippen LogP contribution < -0.4 is 0 Å². The molecule has 1 aromatic rings. The van der Waals surface area contributed by atoms with Gasteiger partial charge in [0, 0.05) is 11.6 Å². The molecule has 0 aliphatic carbocycles. The maximum Gasteiger partial charge on any atom is 0.256 e. The molecule has 94 valence electrons. The molecule has 0 saturated heterocycles. The number of aliphatic hydroxyl groups is 1. The van der Waals surface area contributed by atoms with Crippen LogP contribution in [0.3, 0.4) is 0 Å². The van der Waals surface area contributed by atoms with Crippen molar-refractivity contribution in [3.05, 3.63) is 47.5 Å². The Kier molecular flexibility index (Phi) is 3.58. The molecule has 1 heterocycles. The van der Waals surface area contributed by atoms with Crippen LogP contribution in [0.15, 0.2) is 42.0 Å². The van der Waals surface area contributed by atoms with Gasteiger partial charge in [-0.1, -0.05) is 30.3 Å². The van der Waals surface area contributed by atoms with Crippen LogP contribution in [0, 0.1) is 0 Å². The highest BCUT2D eigenvalue weighted by Gasteiger charge is 2.34. The Morgan fingerprint density at radius 1 is 1.22 bits per heavy atom. The molecule has 1 aromatic carbocycles. The molecule has 0 unspecified atom stereocenters. The minimum absolute atomic E-state index is 0.229. The molecule has 0 spiro atoms. The third kappa shape index (κ3) is 2.33. The van der Waals surface area contributed by atoms with Gasteiger partial charge in [-0.2, -0.15) is 0 Å². The van der Waals surface area contributed by atoms with Gasteiger partial charge in [0.2, 0.25) is 0 Å². The number of imide groups is 1. The molecule has 1 N–H and O–H groups in total. The Hall–Kier alpha value is -1.94. The van der Waals surface area contributed by atoms with E-state index < -0.39 is 6.04 Å². The lowest BCUT2D eigenvalue weighted by atomic mass is 10.1. The first-order valence-electron chi connectivity index (χ1n) is 5.84. The Morgan fingerprint density at radius 3 is 2.39 bits per heavy atom. The molecule has 0 aromatic heterocycles. The number of aliphatic hydroxyl groups excluding tert-OH is 1. The summed E-state index contributed by atoms with van der Waals surface area (Å²) < 4.78 is 0. The van der Waals surface area contributed by atoms with Gasteiger partial charge in [0.25, 0.3) is 11.8 Å². The molecule has 0 fully saturated rings. The summed E-state index contributed by atoms with van der Waals surface area (Å²) in [7, 11) is 0. The van der Waals surface area contributed by atoms with Gasteiger partial charge >= 0.3 is 0 Å². The van der Waals surface area contributed by atoms with E-state index in [1.54, 1.807) is 6.92 Å². The predicted octanol–water partition coefficient (Wildman–Crippen LogP) is 0.905. The second-order valence-corrected chi connectivity index (χ2v) is 4.37. The summed E-state index contributed by atoms with van der Waals surface area (Å²) >= 11 is 0. The van der Waals surface area contributed by atoms with Crippen molar-refractivity contribution in [2.24, 2.45) is 0 Å². The quantitative estimate of drug-likeness (QED) is 0.802. The van der Waals surface area contributed by atoms with E-state index in [0.29, 0.717) is 12.0 Å². The standard InChI is InChI=1S/C14H15NO3/c1-10-7-13(17)15(14(10)18)12(9-16)8-11-5-3-2-4-6-11/h2-7,12,16H,8-9H2,1H3/t12-/m1/s1. The Morgan fingerprint density at radius 2 is 1.89 bits per heavy atom. The first-order valence-corrected chi connectivity index (χ1v) is 5.84. The SMILES string of the molecule is CC1=CC(=O)N([C@@H](CO)Cc2ccccc2)C1=O. The molecule has 1 aliphatic heterocycles. The van der Waals surface area contributed by atoms with Crippen LogP contribution in [0.25, 0.3) is 0 Å². The van der Waals surface area contributed by atoms with Crippen LogP contribution in [0.1, 0.15) is 12.5 Å². The van der Waals surface area contributed by atoms with E-state index in [4.69, 9.17) is 0 Å². The largest absolute Gasteiger partial charge is 0.394 e. The average molecular weight is 245 g/mol. The third-order valence-corrected chi connectivity index (χ3v) is 3.02. The molecule has 0 radical (unpaired) electrons. The summed E-state index contributed by atoms with van der Waals surface area (Å²) in [5, 5.41) is 9.40. The summed E-state index contributed by atoms with van der Waals surface area (Å²) in [6, 6.07) is 9.00. The summed E-state index contributed by atoms with van der Waals surface area (Å²) in [6.45, 7) is 1.38. The van der Waals surface area contributed by atoms with Crippen molar-refractivity contribution < 1.29 is 14.7 Å². The molecule has 0 saturated carbocycles. The van der Waals surface area contributed by atoms with E-state index in [9.17, 15) is 14.7 Å². The van der Waals surface area contributed by atoms with E-state index in [1.807, 2.05) is 30.3 Å². The van der Waals surface area contributed by atoms with Gasteiger partial charge < -0.3 is 5.11 Å². The Balaban J connectivity index is 2.16. The van der Waals surface area contributed by atoms with E-state index in [1.165, 1.54) is 6.08 Å². The molecule has 18 heavy (non-hydrogen) atoms. The summed E-state index contributed by atoms with van der Waals surface area (Å²) in [5.41, 5.74) is 1.41.